The van der Waals surface area contributed by atoms with E-state index in [-0.39, 0.29) is 12.0 Å². The summed E-state index contributed by atoms with van der Waals surface area (Å²) < 4.78 is 28.1. The summed E-state index contributed by atoms with van der Waals surface area (Å²) in [7, 11) is 0. The molecular formula is C14H12BrClF2N2. The lowest BCUT2D eigenvalue weighted by molar-refractivity contribution is 0.500. The van der Waals surface area contributed by atoms with E-state index >= 15 is 0 Å². The number of hydrazine groups is 1. The third-order valence-electron chi connectivity index (χ3n) is 3.03. The number of hydrogen-bond donors (Lipinski definition) is 2. The predicted octanol–water partition coefficient (Wildman–Crippen LogP) is 4.13. The predicted molar refractivity (Wildman–Crippen MR) is 79.3 cm³/mol. The van der Waals surface area contributed by atoms with Crippen LogP contribution in [-0.4, -0.2) is 0 Å². The smallest absolute Gasteiger partial charge is 0.129 e. The van der Waals surface area contributed by atoms with Gasteiger partial charge in [0.1, 0.15) is 11.6 Å². The lowest BCUT2D eigenvalue weighted by atomic mass is 9.98. The summed E-state index contributed by atoms with van der Waals surface area (Å²) in [5.41, 5.74) is 3.20. The highest BCUT2D eigenvalue weighted by molar-refractivity contribution is 9.10. The van der Waals surface area contributed by atoms with Crippen molar-refractivity contribution in [3.63, 3.8) is 0 Å². The van der Waals surface area contributed by atoms with Gasteiger partial charge in [0, 0.05) is 10.0 Å². The average Bonchev–Trinajstić information content (AvgIpc) is 2.42. The topological polar surface area (TPSA) is 38.0 Å². The van der Waals surface area contributed by atoms with Crippen molar-refractivity contribution < 1.29 is 8.78 Å². The van der Waals surface area contributed by atoms with Crippen molar-refractivity contribution in [1.82, 2.24) is 5.43 Å². The van der Waals surface area contributed by atoms with E-state index in [0.717, 1.165) is 0 Å². The lowest BCUT2D eigenvalue weighted by Gasteiger charge is -2.19. The second-order valence-electron chi connectivity index (χ2n) is 4.27. The van der Waals surface area contributed by atoms with Gasteiger partial charge in [0.05, 0.1) is 11.1 Å². The third kappa shape index (κ3) is 3.17. The largest absolute Gasteiger partial charge is 0.271 e. The molecule has 2 nitrogen and oxygen atoms in total. The minimum atomic E-state index is -0.601. The highest BCUT2D eigenvalue weighted by Crippen LogP contribution is 2.32. The van der Waals surface area contributed by atoms with Crippen LogP contribution in [0.2, 0.25) is 5.02 Å². The van der Waals surface area contributed by atoms with Gasteiger partial charge in [-0.15, -0.1) is 0 Å². The van der Waals surface area contributed by atoms with Gasteiger partial charge in [-0.25, -0.2) is 8.78 Å². The monoisotopic (exact) mass is 360 g/mol. The van der Waals surface area contributed by atoms with Crippen molar-refractivity contribution in [2.75, 3.05) is 0 Å². The highest BCUT2D eigenvalue weighted by atomic mass is 79.9. The molecule has 0 aliphatic heterocycles. The molecule has 3 N–H and O–H groups in total. The minimum absolute atomic E-state index is 0.0218. The van der Waals surface area contributed by atoms with Crippen LogP contribution in [0.4, 0.5) is 8.78 Å². The molecule has 1 unspecified atom stereocenters. The fourth-order valence-corrected chi connectivity index (χ4v) is 2.62. The van der Waals surface area contributed by atoms with E-state index in [1.54, 1.807) is 18.2 Å². The number of halogens is 4. The summed E-state index contributed by atoms with van der Waals surface area (Å²) in [5.74, 6) is 4.30. The van der Waals surface area contributed by atoms with E-state index in [9.17, 15) is 8.78 Å². The summed E-state index contributed by atoms with van der Waals surface area (Å²) in [6.07, 6.45) is 0.0607. The van der Waals surface area contributed by atoms with Crippen molar-refractivity contribution in [1.29, 1.82) is 0 Å². The molecule has 2 aromatic carbocycles. The minimum Gasteiger partial charge on any atom is -0.271 e. The van der Waals surface area contributed by atoms with Gasteiger partial charge in [0.15, 0.2) is 0 Å². The van der Waals surface area contributed by atoms with Crippen LogP contribution in [0.15, 0.2) is 40.9 Å². The molecule has 0 saturated carbocycles. The first-order valence-electron chi connectivity index (χ1n) is 5.87. The molecule has 0 bridgehead atoms. The first-order chi connectivity index (χ1) is 9.54. The van der Waals surface area contributed by atoms with Crippen LogP contribution in [0.25, 0.3) is 0 Å². The lowest BCUT2D eigenvalue weighted by Crippen LogP contribution is -2.30. The van der Waals surface area contributed by atoms with E-state index in [0.29, 0.717) is 15.1 Å². The first kappa shape index (κ1) is 15.4. The molecule has 2 aromatic rings. The number of rotatable bonds is 4. The zero-order chi connectivity index (χ0) is 14.7. The van der Waals surface area contributed by atoms with E-state index < -0.39 is 17.7 Å². The molecule has 0 spiro atoms. The van der Waals surface area contributed by atoms with Gasteiger partial charge in [-0.3, -0.25) is 11.3 Å². The van der Waals surface area contributed by atoms with Gasteiger partial charge in [-0.1, -0.05) is 29.8 Å². The van der Waals surface area contributed by atoms with Crippen LogP contribution in [0.3, 0.4) is 0 Å². The average molecular weight is 362 g/mol. The molecule has 0 saturated heterocycles. The standard InChI is InChI=1S/C14H12BrClF2N2/c15-10-4-1-3-8(14(10)16)13(20-19)7-9-11(17)5-2-6-12(9)18/h1-6,13,20H,7,19H2. The molecule has 0 aliphatic rings. The molecule has 1 atom stereocenters. The van der Waals surface area contributed by atoms with Gasteiger partial charge in [-0.05, 0) is 46.1 Å². The van der Waals surface area contributed by atoms with Crippen molar-refractivity contribution in [3.8, 4) is 0 Å². The zero-order valence-electron chi connectivity index (χ0n) is 10.3. The van der Waals surface area contributed by atoms with E-state index in [2.05, 4.69) is 21.4 Å². The highest BCUT2D eigenvalue weighted by Gasteiger charge is 2.19. The fourth-order valence-electron chi connectivity index (χ4n) is 1.98. The fraction of sp³-hybridized carbons (Fsp3) is 0.143. The second-order valence-corrected chi connectivity index (χ2v) is 5.50. The summed E-state index contributed by atoms with van der Waals surface area (Å²) >= 11 is 9.49. The SMILES string of the molecule is NNC(Cc1c(F)cccc1F)c1cccc(Br)c1Cl. The number of benzene rings is 2. The normalized spacial score (nSPS) is 12.4. The Labute approximate surface area is 129 Å². The Balaban J connectivity index is 2.37. The Hall–Kier alpha value is -1.01. The van der Waals surface area contributed by atoms with Crippen molar-refractivity contribution in [3.05, 3.63) is 68.7 Å². The number of hydrogen-bond acceptors (Lipinski definition) is 2. The Bertz CT molecular complexity index is 602. The maximum Gasteiger partial charge on any atom is 0.129 e. The van der Waals surface area contributed by atoms with Gasteiger partial charge in [0.25, 0.3) is 0 Å². The Kier molecular flexibility index (Phi) is 5.10. The van der Waals surface area contributed by atoms with Crippen LogP contribution in [0.5, 0.6) is 0 Å². The molecule has 106 valence electrons. The molecule has 0 heterocycles. The molecule has 6 heteroatoms. The third-order valence-corrected chi connectivity index (χ3v) is 4.34. The molecule has 0 aromatic heterocycles. The quantitative estimate of drug-likeness (QED) is 0.635. The van der Waals surface area contributed by atoms with E-state index in [4.69, 9.17) is 17.4 Å². The van der Waals surface area contributed by atoms with Crippen molar-refractivity contribution in [2.45, 2.75) is 12.5 Å². The van der Waals surface area contributed by atoms with Crippen LogP contribution in [0.1, 0.15) is 17.2 Å². The number of nitrogens with two attached hydrogens (primary N) is 1. The maximum atomic E-state index is 13.7. The van der Waals surface area contributed by atoms with Crippen molar-refractivity contribution in [2.24, 2.45) is 5.84 Å². The second kappa shape index (κ2) is 6.63. The Morgan fingerprint density at radius 3 is 2.35 bits per heavy atom. The Morgan fingerprint density at radius 2 is 1.75 bits per heavy atom. The summed E-state index contributed by atoms with van der Waals surface area (Å²) in [6, 6.07) is 8.59. The van der Waals surface area contributed by atoms with E-state index in [1.165, 1.54) is 18.2 Å². The van der Waals surface area contributed by atoms with Crippen molar-refractivity contribution >= 4 is 27.5 Å². The molecule has 20 heavy (non-hydrogen) atoms. The molecule has 0 radical (unpaired) electrons. The molecule has 0 fully saturated rings. The van der Waals surface area contributed by atoms with Gasteiger partial charge in [-0.2, -0.15) is 0 Å². The summed E-state index contributed by atoms with van der Waals surface area (Å²) in [5, 5.41) is 0.465. The molecular weight excluding hydrogens is 350 g/mol. The van der Waals surface area contributed by atoms with Crippen LogP contribution < -0.4 is 11.3 Å². The molecule has 0 aliphatic carbocycles. The van der Waals surface area contributed by atoms with E-state index in [1.807, 2.05) is 0 Å². The number of nitrogens with one attached hydrogen (secondary N) is 1. The zero-order valence-corrected chi connectivity index (χ0v) is 12.7. The summed E-state index contributed by atoms with van der Waals surface area (Å²) in [4.78, 5) is 0. The van der Waals surface area contributed by atoms with Crippen LogP contribution in [-0.2, 0) is 6.42 Å². The van der Waals surface area contributed by atoms with Crippen LogP contribution >= 0.6 is 27.5 Å². The molecule has 0 amide bonds. The van der Waals surface area contributed by atoms with Crippen LogP contribution in [0, 0.1) is 11.6 Å². The van der Waals surface area contributed by atoms with Gasteiger partial charge < -0.3 is 0 Å². The maximum absolute atomic E-state index is 13.7. The molecule has 2 rings (SSSR count). The Morgan fingerprint density at radius 1 is 1.15 bits per heavy atom. The summed E-state index contributed by atoms with van der Waals surface area (Å²) in [6.45, 7) is 0. The van der Waals surface area contributed by atoms with Gasteiger partial charge in [0.2, 0.25) is 0 Å². The first-order valence-corrected chi connectivity index (χ1v) is 7.04. The van der Waals surface area contributed by atoms with Gasteiger partial charge >= 0.3 is 0 Å².